The van der Waals surface area contributed by atoms with Gasteiger partial charge in [0.25, 0.3) is 0 Å². The van der Waals surface area contributed by atoms with Crippen LogP contribution in [0.1, 0.15) is 138 Å². The number of benzene rings is 7. The molecule has 6 aromatic heterocycles. The normalized spacial score (nSPS) is 11.3. The lowest BCUT2D eigenvalue weighted by molar-refractivity contribution is 0.0971. The van der Waals surface area contributed by atoms with Crippen LogP contribution in [0.15, 0.2) is 186 Å². The predicted molar refractivity (Wildman–Crippen MR) is 357 cm³/mol. The van der Waals surface area contributed by atoms with E-state index in [9.17, 15) is 38.4 Å². The molecule has 6 N–H and O–H groups in total. The molecule has 0 radical (unpaired) electrons. The quantitative estimate of drug-likeness (QED) is 0.0798. The van der Waals surface area contributed by atoms with E-state index in [1.807, 2.05) is 168 Å². The van der Waals surface area contributed by atoms with Gasteiger partial charge >= 0.3 is 0 Å². The highest BCUT2D eigenvalue weighted by molar-refractivity contribution is 6.28. The van der Waals surface area contributed by atoms with E-state index < -0.39 is 22.4 Å². The minimum Gasteiger partial charge on any atom is -0.358 e. The molecule has 15 rings (SSSR count). The van der Waals surface area contributed by atoms with Crippen LogP contribution in [0.2, 0.25) is 0 Å². The van der Waals surface area contributed by atoms with E-state index in [-0.39, 0.29) is 44.2 Å². The Hall–Kier alpha value is -10.3. The number of hydrogen-bond donors (Lipinski definition) is 6. The maximum Gasteiger partial charge on any atom is 0.216 e. The van der Waals surface area contributed by atoms with Crippen LogP contribution in [0.25, 0.3) is 87.2 Å². The molecule has 0 atom stereocenters. The predicted octanol–water partition coefficient (Wildman–Crippen LogP) is 14.8. The Morgan fingerprint density at radius 2 is 0.477 bits per heavy atom. The first-order chi connectivity index (χ1) is 42.0. The Bertz CT molecular complexity index is 4740. The Labute approximate surface area is 496 Å². The smallest absolute Gasteiger partial charge is 0.216 e. The molecular formula is C72H72N6O8. The lowest BCUT2D eigenvalue weighted by atomic mass is 9.88. The van der Waals surface area contributed by atoms with Gasteiger partial charge < -0.3 is 29.9 Å². The molecule has 0 saturated heterocycles. The van der Waals surface area contributed by atoms with E-state index in [0.717, 1.165) is 44.6 Å². The Morgan fingerprint density at radius 1 is 0.244 bits per heavy atom. The van der Waals surface area contributed by atoms with Gasteiger partial charge in [-0.1, -0.05) is 156 Å². The third kappa shape index (κ3) is 11.5. The zero-order valence-electron chi connectivity index (χ0n) is 50.7. The molecule has 0 amide bonds. The van der Waals surface area contributed by atoms with Gasteiger partial charge in [0.2, 0.25) is 22.4 Å². The van der Waals surface area contributed by atoms with Crippen molar-refractivity contribution in [2.45, 2.75) is 95.9 Å². The van der Waals surface area contributed by atoms with Crippen LogP contribution in [0.4, 0.5) is 0 Å². The number of carbonyl (C=O) groups excluding carboxylic acids is 2. The second kappa shape index (κ2) is 28.3. The van der Waals surface area contributed by atoms with Gasteiger partial charge in [0.1, 0.15) is 11.4 Å². The summed E-state index contributed by atoms with van der Waals surface area (Å²) in [7, 11) is 0. The molecule has 2 aliphatic carbocycles. The van der Waals surface area contributed by atoms with Gasteiger partial charge in [-0.05, 0) is 84.9 Å². The summed E-state index contributed by atoms with van der Waals surface area (Å²) in [5.74, 6) is -1.30. The number of pyridine rings is 6. The third-order valence-electron chi connectivity index (χ3n) is 14.2. The summed E-state index contributed by atoms with van der Waals surface area (Å²) in [6.45, 7) is 24.0. The fourth-order valence-electron chi connectivity index (χ4n) is 10.5. The van der Waals surface area contributed by atoms with E-state index in [2.05, 4.69) is 29.9 Å². The SMILES string of the molecule is CC.CC.CC.CC.CC.CC.O=C1c2[nH]c3ccccc3c(=O)c2C(=O)c2[nH]c3ccccc3c(=O)c21.O=c1c2c([nH]c3ccccc13)Cc1c([nH]c3ccccc3c1=O)C2.O=c1c2ccccc2[nH]c2cc3c(=O)c4ccccc4[nH]c3cc12. The minimum absolute atomic E-state index is 0.0322. The van der Waals surface area contributed by atoms with Crippen LogP contribution in [-0.4, -0.2) is 41.5 Å². The van der Waals surface area contributed by atoms with Crippen LogP contribution in [0.5, 0.6) is 0 Å². The van der Waals surface area contributed by atoms with E-state index >= 15 is 0 Å². The van der Waals surface area contributed by atoms with Crippen molar-refractivity contribution in [3.63, 3.8) is 0 Å². The molecule has 2 aliphatic rings. The van der Waals surface area contributed by atoms with Crippen molar-refractivity contribution >= 4 is 98.8 Å². The Kier molecular flexibility index (Phi) is 20.8. The average molecular weight is 1150 g/mol. The average Bonchev–Trinajstić information content (AvgIpc) is 0.807. The summed E-state index contributed by atoms with van der Waals surface area (Å²) in [6, 6.07) is 46.6. The van der Waals surface area contributed by atoms with Gasteiger partial charge in [0, 0.05) is 112 Å². The number of nitrogens with one attached hydrogen (secondary N) is 6. The number of para-hydroxylation sites is 6. The molecule has 0 aliphatic heterocycles. The molecule has 0 unspecified atom stereocenters. The van der Waals surface area contributed by atoms with Crippen LogP contribution < -0.4 is 32.6 Å². The highest BCUT2D eigenvalue weighted by Gasteiger charge is 2.36. The zero-order valence-corrected chi connectivity index (χ0v) is 50.7. The number of ketones is 2. The fourth-order valence-corrected chi connectivity index (χ4v) is 10.5. The lowest BCUT2D eigenvalue weighted by Gasteiger charge is -2.20. The molecule has 0 spiro atoms. The van der Waals surface area contributed by atoms with E-state index in [1.165, 1.54) is 0 Å². The van der Waals surface area contributed by atoms with Crippen LogP contribution >= 0.6 is 0 Å². The van der Waals surface area contributed by atoms with E-state index in [1.54, 1.807) is 72.8 Å². The second-order valence-electron chi connectivity index (χ2n) is 18.4. The second-order valence-corrected chi connectivity index (χ2v) is 18.4. The third-order valence-corrected chi connectivity index (χ3v) is 14.2. The molecule has 0 bridgehead atoms. The highest BCUT2D eigenvalue weighted by atomic mass is 16.2. The summed E-state index contributed by atoms with van der Waals surface area (Å²) in [6.07, 6.45) is 0.926. The van der Waals surface area contributed by atoms with Gasteiger partial charge in [-0.15, -0.1) is 0 Å². The topological polar surface area (TPSA) is 231 Å². The first-order valence-corrected chi connectivity index (χ1v) is 29.7. The molecule has 14 heteroatoms. The Balaban J connectivity index is 0.000000170. The van der Waals surface area contributed by atoms with Gasteiger partial charge in [-0.2, -0.15) is 0 Å². The number of aromatic amines is 6. The molecule has 6 heterocycles. The maximum atomic E-state index is 13.0. The van der Waals surface area contributed by atoms with E-state index in [4.69, 9.17) is 0 Å². The number of aromatic nitrogens is 6. The minimum atomic E-state index is -0.649. The molecule has 14 nitrogen and oxygen atoms in total. The molecule has 13 aromatic rings. The van der Waals surface area contributed by atoms with Crippen molar-refractivity contribution in [2.75, 3.05) is 0 Å². The molecule has 438 valence electrons. The van der Waals surface area contributed by atoms with Crippen molar-refractivity contribution in [2.24, 2.45) is 0 Å². The monoisotopic (exact) mass is 1150 g/mol. The van der Waals surface area contributed by atoms with Crippen molar-refractivity contribution in [1.82, 2.24) is 29.9 Å². The summed E-state index contributed by atoms with van der Waals surface area (Å²) >= 11 is 0. The van der Waals surface area contributed by atoms with Crippen LogP contribution in [0.3, 0.4) is 0 Å². The number of carbonyl (C=O) groups is 2. The van der Waals surface area contributed by atoms with E-state index in [0.29, 0.717) is 78.0 Å². The number of fused-ring (bicyclic) bond motifs is 12. The Morgan fingerprint density at radius 3 is 0.767 bits per heavy atom. The van der Waals surface area contributed by atoms with Gasteiger partial charge in [0.15, 0.2) is 21.7 Å². The largest absolute Gasteiger partial charge is 0.358 e. The maximum absolute atomic E-state index is 13.0. The summed E-state index contributed by atoms with van der Waals surface area (Å²) in [5, 5.41) is 4.47. The summed E-state index contributed by atoms with van der Waals surface area (Å²) < 4.78 is 0. The van der Waals surface area contributed by atoms with Crippen molar-refractivity contribution in [3.05, 3.63) is 264 Å². The summed E-state index contributed by atoms with van der Waals surface area (Å²) in [5.41, 5.74) is 6.91. The zero-order chi connectivity index (χ0) is 62.5. The highest BCUT2D eigenvalue weighted by Crippen LogP contribution is 2.27. The van der Waals surface area contributed by atoms with Crippen molar-refractivity contribution in [3.8, 4) is 0 Å². The molecular weight excluding hydrogens is 1080 g/mol. The van der Waals surface area contributed by atoms with Crippen LogP contribution in [-0.2, 0) is 12.8 Å². The van der Waals surface area contributed by atoms with Crippen molar-refractivity contribution in [1.29, 1.82) is 0 Å². The number of rotatable bonds is 0. The molecule has 7 aromatic carbocycles. The lowest BCUT2D eigenvalue weighted by Crippen LogP contribution is -2.34. The van der Waals surface area contributed by atoms with Gasteiger partial charge in [-0.3, -0.25) is 38.4 Å². The van der Waals surface area contributed by atoms with Gasteiger partial charge in [-0.25, -0.2) is 0 Å². The summed E-state index contributed by atoms with van der Waals surface area (Å²) in [4.78, 5) is 122. The molecule has 86 heavy (non-hydrogen) atoms. The number of H-pyrrole nitrogens is 6. The van der Waals surface area contributed by atoms with Crippen LogP contribution in [0, 0.1) is 0 Å². The standard InChI is InChI=1S/C20H10N2O4.C20H14N2O2.C20H12N2O2.6C2H6/c23-17-9-5-1-3-7-11(9)21-15-13(17)19(25)16-14(20(15)26)18(24)10-6-2-4-8-12(10)22-16;2*23-19-11-5-1-3-7-15(11)21-17-10-14-18(9-13(17)19)22-16-8-4-2-6-12(16)20(14)24;6*1-2/h1-8H,(H,21,23)(H,22,24);1-8H,9-10H2,(H,21,23)(H,22,24);1-10H,(H,21,23)(H,22,24);6*1-2H3. The van der Waals surface area contributed by atoms with Gasteiger partial charge in [0.05, 0.1) is 22.2 Å². The molecule has 0 fully saturated rings. The number of hydrogen-bond acceptors (Lipinski definition) is 8. The fraction of sp³-hybridized carbons (Fsp3) is 0.194. The first kappa shape index (κ1) is 63.2. The molecule has 0 saturated carbocycles. The van der Waals surface area contributed by atoms with Crippen molar-refractivity contribution < 1.29 is 9.59 Å². The first-order valence-electron chi connectivity index (χ1n) is 29.7.